The highest BCUT2D eigenvalue weighted by atomic mass is 16.5. The number of ether oxygens (including phenoxy) is 1. The van der Waals surface area contributed by atoms with Crippen molar-refractivity contribution >= 4 is 5.82 Å². The highest BCUT2D eigenvalue weighted by Gasteiger charge is 2.37. The second-order valence-electron chi connectivity index (χ2n) is 3.63. The van der Waals surface area contributed by atoms with Gasteiger partial charge < -0.3 is 10.5 Å². The van der Waals surface area contributed by atoms with Crippen molar-refractivity contribution in [3.63, 3.8) is 0 Å². The van der Waals surface area contributed by atoms with Crippen molar-refractivity contribution < 1.29 is 4.74 Å². The van der Waals surface area contributed by atoms with Crippen LogP contribution in [0.25, 0.3) is 0 Å². The first-order valence-corrected chi connectivity index (χ1v) is 3.99. The molecule has 0 aromatic carbocycles. The normalized spacial score (nSPS) is 20.5. The standard InChI is InChI=1S/C8H13N3O/c1-8(4-12-5-8)6-3-7(9)11(2)10-6/h3H,4-5,9H2,1-2H3. The van der Waals surface area contributed by atoms with Crippen LogP contribution in [-0.2, 0) is 17.2 Å². The van der Waals surface area contributed by atoms with E-state index in [1.165, 1.54) is 0 Å². The van der Waals surface area contributed by atoms with E-state index in [1.54, 1.807) is 4.68 Å². The molecule has 4 heteroatoms. The van der Waals surface area contributed by atoms with Gasteiger partial charge in [-0.1, -0.05) is 0 Å². The molecule has 1 aromatic rings. The molecule has 66 valence electrons. The Kier molecular flexibility index (Phi) is 1.41. The lowest BCUT2D eigenvalue weighted by Crippen LogP contribution is -2.44. The molecule has 0 amide bonds. The minimum atomic E-state index is 0.0926. The third-order valence-electron chi connectivity index (χ3n) is 2.38. The maximum absolute atomic E-state index is 5.68. The molecule has 0 saturated carbocycles. The van der Waals surface area contributed by atoms with Crippen LogP contribution in [0.3, 0.4) is 0 Å². The number of hydrogen-bond acceptors (Lipinski definition) is 3. The molecule has 0 spiro atoms. The first-order chi connectivity index (χ1) is 5.62. The molecule has 0 radical (unpaired) electrons. The second kappa shape index (κ2) is 2.23. The maximum Gasteiger partial charge on any atom is 0.121 e. The predicted molar refractivity (Wildman–Crippen MR) is 45.8 cm³/mol. The number of anilines is 1. The number of nitrogens with zero attached hydrogens (tertiary/aromatic N) is 2. The SMILES string of the molecule is Cn1nc(C2(C)COC2)cc1N. The van der Waals surface area contributed by atoms with Crippen LogP contribution < -0.4 is 5.73 Å². The largest absolute Gasteiger partial charge is 0.384 e. The van der Waals surface area contributed by atoms with Gasteiger partial charge in [0.15, 0.2) is 0 Å². The average molecular weight is 167 g/mol. The van der Waals surface area contributed by atoms with E-state index in [0.717, 1.165) is 18.9 Å². The summed E-state index contributed by atoms with van der Waals surface area (Å²) in [5, 5.41) is 4.32. The van der Waals surface area contributed by atoms with Crippen LogP contribution >= 0.6 is 0 Å². The number of aromatic nitrogens is 2. The van der Waals surface area contributed by atoms with E-state index in [1.807, 2.05) is 13.1 Å². The summed E-state index contributed by atoms with van der Waals surface area (Å²) in [4.78, 5) is 0. The minimum Gasteiger partial charge on any atom is -0.384 e. The summed E-state index contributed by atoms with van der Waals surface area (Å²) < 4.78 is 6.84. The molecule has 4 nitrogen and oxygen atoms in total. The topological polar surface area (TPSA) is 53.1 Å². The molecule has 1 fully saturated rings. The van der Waals surface area contributed by atoms with E-state index in [9.17, 15) is 0 Å². The van der Waals surface area contributed by atoms with Gasteiger partial charge in [0, 0.05) is 13.1 Å². The van der Waals surface area contributed by atoms with Crippen molar-refractivity contribution in [1.29, 1.82) is 0 Å². The molecule has 1 aliphatic rings. The van der Waals surface area contributed by atoms with Crippen LogP contribution in [0.15, 0.2) is 6.07 Å². The number of hydrogen-bond donors (Lipinski definition) is 1. The third-order valence-corrected chi connectivity index (χ3v) is 2.38. The quantitative estimate of drug-likeness (QED) is 0.654. The van der Waals surface area contributed by atoms with Crippen molar-refractivity contribution in [3.05, 3.63) is 11.8 Å². The van der Waals surface area contributed by atoms with Gasteiger partial charge in [-0.15, -0.1) is 0 Å². The summed E-state index contributed by atoms with van der Waals surface area (Å²) in [7, 11) is 1.85. The van der Waals surface area contributed by atoms with Crippen molar-refractivity contribution in [2.24, 2.45) is 7.05 Å². The minimum absolute atomic E-state index is 0.0926. The highest BCUT2D eigenvalue weighted by molar-refractivity contribution is 5.34. The highest BCUT2D eigenvalue weighted by Crippen LogP contribution is 2.31. The van der Waals surface area contributed by atoms with Crippen LogP contribution in [0.4, 0.5) is 5.82 Å². The monoisotopic (exact) mass is 167 g/mol. The number of aryl methyl sites for hydroxylation is 1. The van der Waals surface area contributed by atoms with E-state index in [2.05, 4.69) is 12.0 Å². The van der Waals surface area contributed by atoms with Gasteiger partial charge in [-0.3, -0.25) is 4.68 Å². The fourth-order valence-electron chi connectivity index (χ4n) is 1.33. The average Bonchev–Trinajstić information content (AvgIpc) is 2.28. The van der Waals surface area contributed by atoms with Crippen LogP contribution in [0.5, 0.6) is 0 Å². The molecule has 2 heterocycles. The van der Waals surface area contributed by atoms with Gasteiger partial charge in [0.05, 0.1) is 24.3 Å². The lowest BCUT2D eigenvalue weighted by atomic mass is 9.85. The fourth-order valence-corrected chi connectivity index (χ4v) is 1.33. The Bertz CT molecular complexity index is 282. The smallest absolute Gasteiger partial charge is 0.121 e. The van der Waals surface area contributed by atoms with Crippen molar-refractivity contribution in [2.75, 3.05) is 18.9 Å². The summed E-state index contributed by atoms with van der Waals surface area (Å²) >= 11 is 0. The summed E-state index contributed by atoms with van der Waals surface area (Å²) in [6, 6.07) is 1.92. The predicted octanol–water partition coefficient (Wildman–Crippen LogP) is 0.290. The molecule has 0 unspecified atom stereocenters. The maximum atomic E-state index is 5.68. The summed E-state index contributed by atoms with van der Waals surface area (Å²) in [6.07, 6.45) is 0. The number of rotatable bonds is 1. The van der Waals surface area contributed by atoms with Gasteiger partial charge >= 0.3 is 0 Å². The van der Waals surface area contributed by atoms with Gasteiger partial charge in [0.1, 0.15) is 5.82 Å². The fraction of sp³-hybridized carbons (Fsp3) is 0.625. The van der Waals surface area contributed by atoms with Gasteiger partial charge in [-0.2, -0.15) is 5.10 Å². The zero-order valence-corrected chi connectivity index (χ0v) is 7.37. The Morgan fingerprint density at radius 3 is 2.67 bits per heavy atom. The first-order valence-electron chi connectivity index (χ1n) is 3.99. The third kappa shape index (κ3) is 0.914. The molecule has 2 rings (SSSR count). The second-order valence-corrected chi connectivity index (χ2v) is 3.63. The molecule has 0 atom stereocenters. The van der Waals surface area contributed by atoms with Crippen molar-refractivity contribution in [2.45, 2.75) is 12.3 Å². The molecule has 1 aliphatic heterocycles. The lowest BCUT2D eigenvalue weighted by Gasteiger charge is -2.36. The van der Waals surface area contributed by atoms with E-state index in [0.29, 0.717) is 5.82 Å². The van der Waals surface area contributed by atoms with Gasteiger partial charge in [-0.05, 0) is 6.92 Å². The van der Waals surface area contributed by atoms with E-state index in [4.69, 9.17) is 10.5 Å². The Labute approximate surface area is 71.3 Å². The Balaban J connectivity index is 2.34. The van der Waals surface area contributed by atoms with E-state index >= 15 is 0 Å². The van der Waals surface area contributed by atoms with Crippen LogP contribution in [-0.4, -0.2) is 23.0 Å². The van der Waals surface area contributed by atoms with E-state index in [-0.39, 0.29) is 5.41 Å². The summed E-state index contributed by atoms with van der Waals surface area (Å²) in [5.74, 6) is 0.707. The molecule has 0 aliphatic carbocycles. The molecule has 1 aromatic heterocycles. The molecule has 0 bridgehead atoms. The summed E-state index contributed by atoms with van der Waals surface area (Å²) in [5.41, 5.74) is 6.80. The van der Waals surface area contributed by atoms with Crippen molar-refractivity contribution in [3.8, 4) is 0 Å². The Hall–Kier alpha value is -1.03. The number of nitrogens with two attached hydrogens (primary N) is 1. The molecule has 2 N–H and O–H groups in total. The van der Waals surface area contributed by atoms with Crippen LogP contribution in [0.1, 0.15) is 12.6 Å². The van der Waals surface area contributed by atoms with E-state index < -0.39 is 0 Å². The molecule has 1 saturated heterocycles. The summed E-state index contributed by atoms with van der Waals surface area (Å²) in [6.45, 7) is 3.64. The molecule has 12 heavy (non-hydrogen) atoms. The Morgan fingerprint density at radius 1 is 1.67 bits per heavy atom. The first kappa shape index (κ1) is 7.61. The van der Waals surface area contributed by atoms with Crippen LogP contribution in [0.2, 0.25) is 0 Å². The van der Waals surface area contributed by atoms with Gasteiger partial charge in [0.2, 0.25) is 0 Å². The van der Waals surface area contributed by atoms with Crippen LogP contribution in [0, 0.1) is 0 Å². The van der Waals surface area contributed by atoms with Gasteiger partial charge in [0.25, 0.3) is 0 Å². The van der Waals surface area contributed by atoms with Crippen molar-refractivity contribution in [1.82, 2.24) is 9.78 Å². The lowest BCUT2D eigenvalue weighted by molar-refractivity contribution is -0.0522. The molecular weight excluding hydrogens is 154 g/mol. The zero-order chi connectivity index (χ0) is 8.77. The zero-order valence-electron chi connectivity index (χ0n) is 7.37. The Morgan fingerprint density at radius 2 is 2.33 bits per heavy atom. The molecular formula is C8H13N3O. The number of nitrogen functional groups attached to an aromatic ring is 1. The van der Waals surface area contributed by atoms with Gasteiger partial charge in [-0.25, -0.2) is 0 Å².